The molecule has 0 unspecified atom stereocenters. The molecule has 1 nitrogen and oxygen atoms in total. The summed E-state index contributed by atoms with van der Waals surface area (Å²) in [6, 6.07) is 0. The van der Waals surface area contributed by atoms with Crippen LogP contribution in [0, 0.1) is 41.4 Å². The Bertz CT molecular complexity index is 723. The van der Waals surface area contributed by atoms with Gasteiger partial charge in [0.1, 0.15) is 0 Å². The molecule has 0 aliphatic carbocycles. The molecule has 0 spiro atoms. The van der Waals surface area contributed by atoms with Crippen molar-refractivity contribution >= 4 is 0 Å². The summed E-state index contributed by atoms with van der Waals surface area (Å²) in [4.78, 5) is 0. The van der Waals surface area contributed by atoms with E-state index in [0.717, 1.165) is 42.9 Å². The van der Waals surface area contributed by atoms with Crippen molar-refractivity contribution in [3.63, 3.8) is 0 Å². The number of rotatable bonds is 26. The second-order valence-electron chi connectivity index (χ2n) is 15.3. The highest BCUT2D eigenvalue weighted by Crippen LogP contribution is 2.22. The van der Waals surface area contributed by atoms with Crippen LogP contribution in [0.25, 0.3) is 0 Å². The van der Waals surface area contributed by atoms with Gasteiger partial charge >= 0.3 is 0 Å². The molecular weight excluding hydrogens is 508 g/mol. The number of hydrogen-bond donors (Lipinski definition) is 0. The molecule has 6 atom stereocenters. The molecule has 0 heterocycles. The van der Waals surface area contributed by atoms with Gasteiger partial charge in [-0.3, -0.25) is 0 Å². The zero-order valence-corrected chi connectivity index (χ0v) is 30.5. The van der Waals surface area contributed by atoms with Crippen LogP contribution in [0.15, 0.2) is 48.6 Å². The molecule has 0 aromatic heterocycles. The van der Waals surface area contributed by atoms with Gasteiger partial charge in [-0.25, -0.2) is 0 Å². The molecule has 0 saturated heterocycles. The Morgan fingerprint density at radius 1 is 0.476 bits per heavy atom. The second-order valence-corrected chi connectivity index (χ2v) is 15.3. The van der Waals surface area contributed by atoms with Crippen molar-refractivity contribution in [3.05, 3.63) is 48.6 Å². The highest BCUT2D eigenvalue weighted by Gasteiger charge is 2.13. The Balaban J connectivity index is 3.98. The number of ether oxygens (including phenoxy) is 1. The van der Waals surface area contributed by atoms with Gasteiger partial charge in [0, 0.05) is 7.11 Å². The van der Waals surface area contributed by atoms with E-state index in [-0.39, 0.29) is 5.60 Å². The van der Waals surface area contributed by atoms with Gasteiger partial charge in [-0.2, -0.15) is 0 Å². The maximum atomic E-state index is 5.50. The minimum absolute atomic E-state index is 0.0523. The van der Waals surface area contributed by atoms with Crippen molar-refractivity contribution in [2.75, 3.05) is 7.11 Å². The van der Waals surface area contributed by atoms with E-state index >= 15 is 0 Å². The lowest BCUT2D eigenvalue weighted by Crippen LogP contribution is -2.20. The van der Waals surface area contributed by atoms with Crippen molar-refractivity contribution in [1.82, 2.24) is 0 Å². The van der Waals surface area contributed by atoms with Crippen LogP contribution in [-0.2, 0) is 4.74 Å². The first-order valence-electron chi connectivity index (χ1n) is 18.0. The van der Waals surface area contributed by atoms with Crippen LogP contribution in [-0.4, -0.2) is 12.7 Å². The molecule has 1 heteroatoms. The van der Waals surface area contributed by atoms with E-state index in [1.54, 1.807) is 7.11 Å². The summed E-state index contributed by atoms with van der Waals surface area (Å²) in [6.07, 6.45) is 37.3. The summed E-state index contributed by atoms with van der Waals surface area (Å²) in [5.41, 5.74) is -0.0523. The van der Waals surface area contributed by atoms with Crippen molar-refractivity contribution < 1.29 is 4.74 Å². The van der Waals surface area contributed by atoms with Crippen molar-refractivity contribution in [1.29, 1.82) is 0 Å². The Kier molecular flexibility index (Phi) is 24.6. The molecule has 0 rings (SSSR count). The third-order valence-electron chi connectivity index (χ3n) is 9.04. The summed E-state index contributed by atoms with van der Waals surface area (Å²) in [7, 11) is 1.80. The number of allylic oxidation sites excluding steroid dienone is 7. The molecule has 0 amide bonds. The summed E-state index contributed by atoms with van der Waals surface area (Å²) in [5, 5.41) is 0. The van der Waals surface area contributed by atoms with E-state index in [9.17, 15) is 0 Å². The minimum atomic E-state index is -0.0523. The predicted molar refractivity (Wildman–Crippen MR) is 192 cm³/mol. The predicted octanol–water partition coefficient (Wildman–Crippen LogP) is 13.6. The van der Waals surface area contributed by atoms with Crippen molar-refractivity contribution in [2.45, 2.75) is 165 Å². The smallest absolute Gasteiger partial charge is 0.0657 e. The van der Waals surface area contributed by atoms with E-state index in [1.165, 1.54) is 70.6 Å². The van der Waals surface area contributed by atoms with E-state index in [0.29, 0.717) is 17.8 Å². The van der Waals surface area contributed by atoms with Crippen LogP contribution in [0.1, 0.15) is 159 Å². The van der Waals surface area contributed by atoms with Gasteiger partial charge in [-0.15, -0.1) is 0 Å². The lowest BCUT2D eigenvalue weighted by molar-refractivity contribution is 0.0254. The molecule has 0 fully saturated rings. The number of methoxy groups -OCH3 is 1. The Morgan fingerprint density at radius 3 is 1.38 bits per heavy atom. The van der Waals surface area contributed by atoms with Crippen LogP contribution in [0.4, 0.5) is 0 Å². The van der Waals surface area contributed by atoms with Crippen molar-refractivity contribution in [2.24, 2.45) is 41.4 Å². The fourth-order valence-electron chi connectivity index (χ4n) is 5.49. The fraction of sp³-hybridized carbons (Fsp3) is 0.805. The first-order valence-corrected chi connectivity index (χ1v) is 18.0. The van der Waals surface area contributed by atoms with Crippen LogP contribution in [0.3, 0.4) is 0 Å². The van der Waals surface area contributed by atoms with E-state index < -0.39 is 0 Å². The van der Waals surface area contributed by atoms with Gasteiger partial charge in [0.15, 0.2) is 0 Å². The van der Waals surface area contributed by atoms with E-state index in [4.69, 9.17) is 4.74 Å². The average Bonchev–Trinajstić information content (AvgIpc) is 2.91. The average molecular weight is 585 g/mol. The standard InChI is InChI=1S/C41H76O/c1-34(2)20-14-23-37(5)26-17-29-38(6)27-15-24-35(3)21-12-13-22-36(4)25-16-28-39(7)30-18-31-40(8)32-19-33-41(9,10)42-11/h12-13,15-16,19,24-25,32,34-40H,14,17-18,20-23,26-31,33H2,1-11H3/b13-12+,24-15+,25-16+,32-19+/t35-,36+,37-,38-,39+,40+/m1/s1. The monoisotopic (exact) mass is 585 g/mol. The van der Waals surface area contributed by atoms with E-state index in [2.05, 4.69) is 118 Å². The molecule has 0 saturated carbocycles. The molecule has 0 aliphatic heterocycles. The van der Waals surface area contributed by atoms with Gasteiger partial charge in [0.25, 0.3) is 0 Å². The fourth-order valence-corrected chi connectivity index (χ4v) is 5.49. The first-order chi connectivity index (χ1) is 19.8. The molecule has 0 aromatic rings. The maximum Gasteiger partial charge on any atom is 0.0657 e. The van der Waals surface area contributed by atoms with Gasteiger partial charge in [0.2, 0.25) is 0 Å². The van der Waals surface area contributed by atoms with Crippen LogP contribution >= 0.6 is 0 Å². The van der Waals surface area contributed by atoms with Gasteiger partial charge in [-0.05, 0) is 93.8 Å². The summed E-state index contributed by atoms with van der Waals surface area (Å²) in [6.45, 7) is 23.3. The lowest BCUT2D eigenvalue weighted by atomic mass is 9.92. The highest BCUT2D eigenvalue weighted by molar-refractivity contribution is 4.96. The normalized spacial score (nSPS) is 17.6. The third kappa shape index (κ3) is 26.5. The van der Waals surface area contributed by atoms with Gasteiger partial charge < -0.3 is 4.74 Å². The summed E-state index contributed by atoms with van der Waals surface area (Å²) < 4.78 is 5.50. The maximum absolute atomic E-state index is 5.50. The summed E-state index contributed by atoms with van der Waals surface area (Å²) in [5.74, 6) is 5.25. The SMILES string of the molecule is COC(C)(C)C/C=C/[C@@H](C)CCC[C@@H](C)C/C=C/[C@@H](C)C/C=C/C[C@@H](C)/C=C/C[C@@H](C)CCC[C@H](C)CCCC(C)C. The second kappa shape index (κ2) is 25.3. The Hall–Kier alpha value is -1.08. The summed E-state index contributed by atoms with van der Waals surface area (Å²) >= 11 is 0. The molecule has 0 radical (unpaired) electrons. The van der Waals surface area contributed by atoms with Crippen LogP contribution in [0.2, 0.25) is 0 Å². The molecule has 0 N–H and O–H groups in total. The quantitative estimate of drug-likeness (QED) is 0.0919. The highest BCUT2D eigenvalue weighted by atomic mass is 16.5. The third-order valence-corrected chi connectivity index (χ3v) is 9.04. The molecule has 42 heavy (non-hydrogen) atoms. The zero-order valence-electron chi connectivity index (χ0n) is 30.5. The van der Waals surface area contributed by atoms with Gasteiger partial charge in [-0.1, -0.05) is 155 Å². The van der Waals surface area contributed by atoms with E-state index in [1.807, 2.05) is 0 Å². The molecule has 0 aliphatic rings. The molecular formula is C41H76O. The zero-order chi connectivity index (χ0) is 31.8. The topological polar surface area (TPSA) is 9.23 Å². The van der Waals surface area contributed by atoms with Crippen molar-refractivity contribution in [3.8, 4) is 0 Å². The van der Waals surface area contributed by atoms with Crippen LogP contribution < -0.4 is 0 Å². The molecule has 0 bridgehead atoms. The Labute approximate surface area is 266 Å². The van der Waals surface area contributed by atoms with Gasteiger partial charge in [0.05, 0.1) is 5.60 Å². The molecule has 246 valence electrons. The largest absolute Gasteiger partial charge is 0.378 e. The van der Waals surface area contributed by atoms with Crippen LogP contribution in [0.5, 0.6) is 0 Å². The lowest BCUT2D eigenvalue weighted by Gasteiger charge is -2.20. The number of hydrogen-bond acceptors (Lipinski definition) is 1. The minimum Gasteiger partial charge on any atom is -0.378 e. The molecule has 0 aromatic carbocycles. The first kappa shape index (κ1) is 40.9. The Morgan fingerprint density at radius 2 is 0.905 bits per heavy atom.